The number of sulfonamides is 1. The first-order valence-electron chi connectivity index (χ1n) is 12.2. The molecule has 0 unspecified atom stereocenters. The number of halogens is 2. The Balaban J connectivity index is 1.44. The van der Waals surface area contributed by atoms with Crippen molar-refractivity contribution in [3.05, 3.63) is 117 Å². The third-order valence-electron chi connectivity index (χ3n) is 5.78. The van der Waals surface area contributed by atoms with Crippen molar-refractivity contribution in [2.24, 2.45) is 5.10 Å². The molecule has 4 rings (SSSR count). The highest BCUT2D eigenvalue weighted by molar-refractivity contribution is 7.89. The molecule has 0 bridgehead atoms. The van der Waals surface area contributed by atoms with Gasteiger partial charge in [-0.2, -0.15) is 9.41 Å². The van der Waals surface area contributed by atoms with Gasteiger partial charge in [-0.25, -0.2) is 13.8 Å². The van der Waals surface area contributed by atoms with Gasteiger partial charge in [-0.05, 0) is 60.5 Å². The van der Waals surface area contributed by atoms with E-state index in [0.29, 0.717) is 21.4 Å². The number of aryl methyl sites for hydroxylation is 1. The average Bonchev–Trinajstić information content (AvgIpc) is 3.40. The van der Waals surface area contributed by atoms with Gasteiger partial charge >= 0.3 is 11.8 Å². The molecular weight excluding hydrogens is 589 g/mol. The molecule has 2 N–H and O–H groups in total. The second kappa shape index (κ2) is 13.6. The van der Waals surface area contributed by atoms with Crippen LogP contribution in [0.3, 0.4) is 0 Å². The van der Waals surface area contributed by atoms with Crippen molar-refractivity contribution in [3.8, 4) is 0 Å². The van der Waals surface area contributed by atoms with Gasteiger partial charge < -0.3 is 9.73 Å². The summed E-state index contributed by atoms with van der Waals surface area (Å²) in [5.41, 5.74) is 4.34. The minimum absolute atomic E-state index is 0.0411. The second-order valence-electron chi connectivity index (χ2n) is 8.87. The van der Waals surface area contributed by atoms with Crippen LogP contribution in [-0.4, -0.2) is 35.7 Å². The predicted octanol–water partition coefficient (Wildman–Crippen LogP) is 4.45. The number of benzene rings is 2. The molecule has 0 spiro atoms. The molecular formula is C28H25Cl2N5O5S. The van der Waals surface area contributed by atoms with Crippen molar-refractivity contribution in [1.82, 2.24) is 20.0 Å². The lowest BCUT2D eigenvalue weighted by atomic mass is 10.2. The lowest BCUT2D eigenvalue weighted by Crippen LogP contribution is -2.37. The molecule has 0 atom stereocenters. The molecule has 2 heterocycles. The standard InChI is InChI=1S/C28H25Cl2N5O5S/c1-19-4-10-25(11-5-19)41(38,39)35(17-21-6-7-22(29)13-26(21)30)18-24-9-8-23(40-24)16-33-34-28(37)27(36)32-15-20-3-2-12-31-14-20/h2-14,16H,15,17-18H2,1H3,(H,32,36)(H,34,37)/b33-16+. The average molecular weight is 615 g/mol. The van der Waals surface area contributed by atoms with E-state index in [0.717, 1.165) is 11.1 Å². The van der Waals surface area contributed by atoms with Gasteiger partial charge in [0.1, 0.15) is 11.5 Å². The van der Waals surface area contributed by atoms with E-state index in [2.05, 4.69) is 20.8 Å². The molecule has 0 aliphatic rings. The van der Waals surface area contributed by atoms with Crippen molar-refractivity contribution >= 4 is 51.3 Å². The van der Waals surface area contributed by atoms with E-state index >= 15 is 0 Å². The fourth-order valence-corrected chi connectivity index (χ4v) is 5.47. The Morgan fingerprint density at radius 1 is 1.02 bits per heavy atom. The highest BCUT2D eigenvalue weighted by atomic mass is 35.5. The summed E-state index contributed by atoms with van der Waals surface area (Å²) >= 11 is 12.4. The largest absolute Gasteiger partial charge is 0.459 e. The third-order valence-corrected chi connectivity index (χ3v) is 8.17. The fraction of sp³-hybridized carbons (Fsp3) is 0.143. The van der Waals surface area contributed by atoms with Crippen LogP contribution in [0, 0.1) is 6.92 Å². The number of rotatable bonds is 10. The Kier molecular flexibility index (Phi) is 9.90. The van der Waals surface area contributed by atoms with E-state index in [4.69, 9.17) is 27.6 Å². The summed E-state index contributed by atoms with van der Waals surface area (Å²) in [5.74, 6) is -1.29. The Morgan fingerprint density at radius 3 is 2.51 bits per heavy atom. The first-order valence-corrected chi connectivity index (χ1v) is 14.4. The zero-order valence-electron chi connectivity index (χ0n) is 21.8. The maximum atomic E-state index is 13.6. The zero-order chi connectivity index (χ0) is 29.4. The Labute approximate surface area is 247 Å². The molecule has 0 saturated heterocycles. The van der Waals surface area contributed by atoms with Crippen LogP contribution in [0.5, 0.6) is 0 Å². The molecule has 0 fully saturated rings. The Morgan fingerprint density at radius 2 is 1.80 bits per heavy atom. The van der Waals surface area contributed by atoms with Gasteiger partial charge in [-0.1, -0.05) is 53.0 Å². The summed E-state index contributed by atoms with van der Waals surface area (Å²) in [7, 11) is -3.95. The van der Waals surface area contributed by atoms with Crippen molar-refractivity contribution in [2.75, 3.05) is 0 Å². The molecule has 2 aromatic carbocycles. The van der Waals surface area contributed by atoms with Crippen LogP contribution in [0.15, 0.2) is 93.5 Å². The summed E-state index contributed by atoms with van der Waals surface area (Å²) in [6.07, 6.45) is 4.37. The zero-order valence-corrected chi connectivity index (χ0v) is 24.1. The number of aromatic nitrogens is 1. The molecule has 4 aromatic rings. The van der Waals surface area contributed by atoms with Gasteiger partial charge in [0.25, 0.3) is 0 Å². The van der Waals surface area contributed by atoms with Gasteiger partial charge in [0, 0.05) is 35.5 Å². The molecule has 2 amide bonds. The maximum Gasteiger partial charge on any atom is 0.329 e. The topological polar surface area (TPSA) is 134 Å². The number of hydrazone groups is 1. The SMILES string of the molecule is Cc1ccc(S(=O)(=O)N(Cc2ccc(/C=N/NC(=O)C(=O)NCc3cccnc3)o2)Cc2ccc(Cl)cc2Cl)cc1. The summed E-state index contributed by atoms with van der Waals surface area (Å²) in [5, 5.41) is 6.97. The van der Waals surface area contributed by atoms with Crippen molar-refractivity contribution in [1.29, 1.82) is 0 Å². The van der Waals surface area contributed by atoms with Crippen LogP contribution in [0.1, 0.15) is 28.2 Å². The summed E-state index contributed by atoms with van der Waals surface area (Å²) in [6.45, 7) is 1.84. The van der Waals surface area contributed by atoms with E-state index in [-0.39, 0.29) is 30.3 Å². The number of carbonyl (C=O) groups is 2. The summed E-state index contributed by atoms with van der Waals surface area (Å²) in [6, 6.07) is 18.0. The highest BCUT2D eigenvalue weighted by Crippen LogP contribution is 2.27. The van der Waals surface area contributed by atoms with Gasteiger partial charge in [0.2, 0.25) is 10.0 Å². The molecule has 41 heavy (non-hydrogen) atoms. The lowest BCUT2D eigenvalue weighted by Gasteiger charge is -2.22. The van der Waals surface area contributed by atoms with Crippen molar-refractivity contribution in [2.45, 2.75) is 31.5 Å². The van der Waals surface area contributed by atoms with E-state index < -0.39 is 21.8 Å². The van der Waals surface area contributed by atoms with Crippen LogP contribution in [-0.2, 0) is 39.2 Å². The Bertz CT molecular complexity index is 1660. The van der Waals surface area contributed by atoms with Gasteiger partial charge in [0.15, 0.2) is 0 Å². The molecule has 2 aromatic heterocycles. The lowest BCUT2D eigenvalue weighted by molar-refractivity contribution is -0.139. The number of amides is 2. The summed E-state index contributed by atoms with van der Waals surface area (Å²) < 4.78 is 34.2. The van der Waals surface area contributed by atoms with Crippen LogP contribution in [0.25, 0.3) is 0 Å². The molecule has 0 radical (unpaired) electrons. The van der Waals surface area contributed by atoms with Gasteiger partial charge in [-0.15, -0.1) is 0 Å². The Hall–Kier alpha value is -4.03. The smallest absolute Gasteiger partial charge is 0.329 e. The van der Waals surface area contributed by atoms with E-state index in [1.54, 1.807) is 67.0 Å². The minimum Gasteiger partial charge on any atom is -0.459 e. The molecule has 13 heteroatoms. The number of carbonyl (C=O) groups excluding carboxylic acids is 2. The second-order valence-corrected chi connectivity index (χ2v) is 11.7. The predicted molar refractivity (Wildman–Crippen MR) is 155 cm³/mol. The first-order chi connectivity index (χ1) is 19.6. The molecule has 0 saturated carbocycles. The van der Waals surface area contributed by atoms with Gasteiger partial charge in [0.05, 0.1) is 17.7 Å². The number of hydrogen-bond donors (Lipinski definition) is 2. The quantitative estimate of drug-likeness (QED) is 0.154. The molecule has 0 aliphatic carbocycles. The van der Waals surface area contributed by atoms with E-state index in [1.807, 2.05) is 6.92 Å². The van der Waals surface area contributed by atoms with Crippen LogP contribution in [0.2, 0.25) is 10.0 Å². The molecule has 10 nitrogen and oxygen atoms in total. The van der Waals surface area contributed by atoms with Crippen LogP contribution < -0.4 is 10.7 Å². The molecule has 0 aliphatic heterocycles. The monoisotopic (exact) mass is 613 g/mol. The van der Waals surface area contributed by atoms with E-state index in [9.17, 15) is 18.0 Å². The number of hydrogen-bond acceptors (Lipinski definition) is 7. The van der Waals surface area contributed by atoms with Crippen molar-refractivity contribution < 1.29 is 22.4 Å². The number of nitrogens with one attached hydrogen (secondary N) is 2. The van der Waals surface area contributed by atoms with Crippen molar-refractivity contribution in [3.63, 3.8) is 0 Å². The number of furan rings is 1. The van der Waals surface area contributed by atoms with Crippen LogP contribution in [0.4, 0.5) is 0 Å². The highest BCUT2D eigenvalue weighted by Gasteiger charge is 2.27. The minimum atomic E-state index is -3.95. The fourth-order valence-electron chi connectivity index (χ4n) is 3.62. The summed E-state index contributed by atoms with van der Waals surface area (Å²) in [4.78, 5) is 28.1. The van der Waals surface area contributed by atoms with Crippen LogP contribution >= 0.6 is 23.2 Å². The molecule has 212 valence electrons. The number of nitrogens with zero attached hydrogens (tertiary/aromatic N) is 3. The first kappa shape index (κ1) is 29.9. The normalized spacial score (nSPS) is 11.6. The van der Waals surface area contributed by atoms with E-state index in [1.165, 1.54) is 22.7 Å². The maximum absolute atomic E-state index is 13.6. The third kappa shape index (κ3) is 8.24. The number of pyridine rings is 1. The van der Waals surface area contributed by atoms with Gasteiger partial charge in [-0.3, -0.25) is 14.6 Å².